The summed E-state index contributed by atoms with van der Waals surface area (Å²) in [5, 5.41) is 4.91. The number of sulfonamides is 2. The first kappa shape index (κ1) is 14.9. The molecule has 0 spiro atoms. The second-order valence-corrected chi connectivity index (χ2v) is 7.42. The first-order valence-electron chi connectivity index (χ1n) is 5.52. The van der Waals surface area contributed by atoms with E-state index in [1.54, 1.807) is 0 Å². The summed E-state index contributed by atoms with van der Waals surface area (Å²) in [6, 6.07) is 3.44. The summed E-state index contributed by atoms with van der Waals surface area (Å²) in [4.78, 5) is 10.9. The zero-order chi connectivity index (χ0) is 15.0. The van der Waals surface area contributed by atoms with Gasteiger partial charge in [0.1, 0.15) is 6.04 Å². The highest BCUT2D eigenvalue weighted by Gasteiger charge is 2.31. The summed E-state index contributed by atoms with van der Waals surface area (Å²) in [6.45, 7) is 0.163. The summed E-state index contributed by atoms with van der Waals surface area (Å²) in [7, 11) is -7.81. The van der Waals surface area contributed by atoms with E-state index in [1.807, 2.05) is 0 Å². The van der Waals surface area contributed by atoms with E-state index in [2.05, 4.69) is 9.46 Å². The molecule has 0 aliphatic carbocycles. The lowest BCUT2D eigenvalue weighted by molar-refractivity contribution is -0.139. The van der Waals surface area contributed by atoms with E-state index in [0.717, 1.165) is 24.3 Å². The van der Waals surface area contributed by atoms with Crippen LogP contribution in [0.5, 0.6) is 0 Å². The van der Waals surface area contributed by atoms with E-state index < -0.39 is 32.1 Å². The highest BCUT2D eigenvalue weighted by Crippen LogP contribution is 2.15. The van der Waals surface area contributed by atoms with E-state index in [-0.39, 0.29) is 22.8 Å². The average Bonchev–Trinajstić information content (AvgIpc) is 2.73. The van der Waals surface area contributed by atoms with E-state index in [9.17, 15) is 21.6 Å². The molecular formula is C10H12N2O6S2. The monoisotopic (exact) mass is 320 g/mol. The van der Waals surface area contributed by atoms with Crippen LogP contribution in [0.4, 0.5) is 0 Å². The van der Waals surface area contributed by atoms with Crippen LogP contribution in [0.2, 0.25) is 0 Å². The molecule has 0 aromatic heterocycles. The van der Waals surface area contributed by atoms with Gasteiger partial charge in [-0.1, -0.05) is 0 Å². The third kappa shape index (κ3) is 3.15. The van der Waals surface area contributed by atoms with Crippen molar-refractivity contribution in [2.45, 2.75) is 22.3 Å². The fraction of sp³-hybridized carbons (Fsp3) is 0.300. The predicted molar refractivity (Wildman–Crippen MR) is 67.5 cm³/mol. The Balaban J connectivity index is 2.24. The number of carbonyl (C=O) groups is 1. The second-order valence-electron chi connectivity index (χ2n) is 4.15. The molecule has 1 aromatic carbocycles. The van der Waals surface area contributed by atoms with Gasteiger partial charge in [0, 0.05) is 6.42 Å². The summed E-state index contributed by atoms with van der Waals surface area (Å²) in [5.41, 5.74) is 0. The SMILES string of the molecule is NS(=O)(=O)c1ccc(S(=O)(=O)NC2CCOC2=O)cc1. The smallest absolute Gasteiger partial charge is 0.324 e. The number of nitrogens with one attached hydrogen (secondary N) is 1. The molecule has 10 heteroatoms. The van der Waals surface area contributed by atoms with E-state index in [0.29, 0.717) is 0 Å². The van der Waals surface area contributed by atoms with Gasteiger partial charge in [-0.25, -0.2) is 22.0 Å². The quantitative estimate of drug-likeness (QED) is 0.679. The molecule has 0 amide bonds. The van der Waals surface area contributed by atoms with Crippen molar-refractivity contribution in [2.75, 3.05) is 6.61 Å². The summed E-state index contributed by atoms with van der Waals surface area (Å²) >= 11 is 0. The number of carbonyl (C=O) groups excluding carboxylic acids is 1. The molecule has 1 heterocycles. The Kier molecular flexibility index (Phi) is 3.82. The predicted octanol–water partition coefficient (Wildman–Crippen LogP) is -1.07. The number of nitrogens with two attached hydrogens (primary N) is 1. The summed E-state index contributed by atoms with van der Waals surface area (Å²) in [5.74, 6) is -0.630. The normalized spacial score (nSPS) is 19.9. The minimum atomic E-state index is -3.93. The van der Waals surface area contributed by atoms with Crippen molar-refractivity contribution in [3.05, 3.63) is 24.3 Å². The largest absolute Gasteiger partial charge is 0.464 e. The Morgan fingerprint density at radius 3 is 2.10 bits per heavy atom. The van der Waals surface area contributed by atoms with Gasteiger partial charge in [-0.05, 0) is 24.3 Å². The molecule has 3 N–H and O–H groups in total. The van der Waals surface area contributed by atoms with Crippen molar-refractivity contribution in [1.82, 2.24) is 4.72 Å². The van der Waals surface area contributed by atoms with Crippen LogP contribution in [0, 0.1) is 0 Å². The van der Waals surface area contributed by atoms with Gasteiger partial charge in [0.15, 0.2) is 0 Å². The third-order valence-electron chi connectivity index (χ3n) is 2.70. The molecule has 8 nitrogen and oxygen atoms in total. The van der Waals surface area contributed by atoms with Crippen LogP contribution in [0.1, 0.15) is 6.42 Å². The van der Waals surface area contributed by atoms with Gasteiger partial charge in [0.05, 0.1) is 16.4 Å². The molecule has 1 saturated heterocycles. The molecule has 1 aromatic rings. The Bertz CT molecular complexity index is 724. The standard InChI is InChI=1S/C10H12N2O6S2/c11-19(14,15)7-1-3-8(4-2-7)20(16,17)12-9-5-6-18-10(9)13/h1-4,9,12H,5-6H2,(H2,11,14,15). The molecule has 1 unspecified atom stereocenters. The molecule has 110 valence electrons. The van der Waals surface area contributed by atoms with Crippen LogP contribution in [0.15, 0.2) is 34.1 Å². The Morgan fingerprint density at radius 1 is 1.10 bits per heavy atom. The Morgan fingerprint density at radius 2 is 1.65 bits per heavy atom. The van der Waals surface area contributed by atoms with Gasteiger partial charge in [0.2, 0.25) is 20.0 Å². The maximum atomic E-state index is 12.0. The maximum Gasteiger partial charge on any atom is 0.324 e. The number of ether oxygens (including phenoxy) is 1. The molecule has 1 aliphatic rings. The molecular weight excluding hydrogens is 308 g/mol. The van der Waals surface area contributed by atoms with Gasteiger partial charge in [-0.15, -0.1) is 0 Å². The van der Waals surface area contributed by atoms with Crippen LogP contribution < -0.4 is 9.86 Å². The van der Waals surface area contributed by atoms with Gasteiger partial charge in [-0.3, -0.25) is 4.79 Å². The fourth-order valence-corrected chi connectivity index (χ4v) is 3.40. The van der Waals surface area contributed by atoms with Crippen molar-refractivity contribution in [1.29, 1.82) is 0 Å². The minimum absolute atomic E-state index is 0.162. The molecule has 1 fully saturated rings. The topological polar surface area (TPSA) is 133 Å². The van der Waals surface area contributed by atoms with Crippen LogP contribution in [-0.4, -0.2) is 35.5 Å². The van der Waals surface area contributed by atoms with Crippen molar-refractivity contribution in [3.63, 3.8) is 0 Å². The summed E-state index contributed by atoms with van der Waals surface area (Å²) in [6.07, 6.45) is 0.257. The zero-order valence-electron chi connectivity index (χ0n) is 10.1. The van der Waals surface area contributed by atoms with Crippen molar-refractivity contribution < 1.29 is 26.4 Å². The molecule has 0 radical (unpaired) electrons. The number of benzene rings is 1. The molecule has 0 saturated carbocycles. The van der Waals surface area contributed by atoms with E-state index in [4.69, 9.17) is 5.14 Å². The van der Waals surface area contributed by atoms with E-state index in [1.165, 1.54) is 0 Å². The molecule has 1 atom stereocenters. The van der Waals surface area contributed by atoms with E-state index >= 15 is 0 Å². The lowest BCUT2D eigenvalue weighted by Crippen LogP contribution is -2.37. The van der Waals surface area contributed by atoms with Crippen molar-refractivity contribution in [3.8, 4) is 0 Å². The first-order valence-corrected chi connectivity index (χ1v) is 8.55. The third-order valence-corrected chi connectivity index (χ3v) is 5.11. The highest BCUT2D eigenvalue weighted by atomic mass is 32.2. The number of hydrogen-bond donors (Lipinski definition) is 2. The minimum Gasteiger partial charge on any atom is -0.464 e. The molecule has 20 heavy (non-hydrogen) atoms. The van der Waals surface area contributed by atoms with Crippen molar-refractivity contribution >= 4 is 26.0 Å². The van der Waals surface area contributed by atoms with Gasteiger partial charge in [0.25, 0.3) is 0 Å². The molecule has 0 bridgehead atoms. The van der Waals surface area contributed by atoms with Gasteiger partial charge >= 0.3 is 5.97 Å². The Hall–Kier alpha value is -1.49. The summed E-state index contributed by atoms with van der Waals surface area (Å²) < 4.78 is 53.0. The number of primary sulfonamides is 1. The highest BCUT2D eigenvalue weighted by molar-refractivity contribution is 7.89. The zero-order valence-corrected chi connectivity index (χ0v) is 11.8. The van der Waals surface area contributed by atoms with Gasteiger partial charge in [-0.2, -0.15) is 4.72 Å². The van der Waals surface area contributed by atoms with Crippen LogP contribution in [-0.2, 0) is 29.6 Å². The fourth-order valence-electron chi connectivity index (χ4n) is 1.67. The molecule has 1 aliphatic heterocycles. The first-order chi connectivity index (χ1) is 9.20. The lowest BCUT2D eigenvalue weighted by atomic mass is 10.3. The second kappa shape index (κ2) is 5.13. The lowest BCUT2D eigenvalue weighted by Gasteiger charge is -2.10. The molecule has 2 rings (SSSR count). The maximum absolute atomic E-state index is 12.0. The van der Waals surface area contributed by atoms with Crippen LogP contribution in [0.3, 0.4) is 0 Å². The van der Waals surface area contributed by atoms with Gasteiger partial charge < -0.3 is 4.74 Å². The van der Waals surface area contributed by atoms with Crippen LogP contribution in [0.25, 0.3) is 0 Å². The number of esters is 1. The Labute approximate surface area is 116 Å². The number of rotatable bonds is 4. The number of cyclic esters (lactones) is 1. The van der Waals surface area contributed by atoms with Crippen molar-refractivity contribution in [2.24, 2.45) is 5.14 Å². The number of hydrogen-bond acceptors (Lipinski definition) is 6. The average molecular weight is 320 g/mol. The van der Waals surface area contributed by atoms with Crippen LogP contribution >= 0.6 is 0 Å².